The van der Waals surface area contributed by atoms with Gasteiger partial charge in [-0.05, 0) is 38.4 Å². The minimum atomic E-state index is -0.233. The molecule has 78 valence electrons. The second-order valence-electron chi connectivity index (χ2n) is 3.60. The molecule has 0 radical (unpaired) electrons. The fourth-order valence-corrected chi connectivity index (χ4v) is 1.26. The second kappa shape index (κ2) is 5.73. The van der Waals surface area contributed by atoms with Crippen LogP contribution in [0.4, 0.5) is 0 Å². The van der Waals surface area contributed by atoms with Crippen molar-refractivity contribution >= 4 is 0 Å². The van der Waals surface area contributed by atoms with Crippen LogP contribution in [-0.4, -0.2) is 22.7 Å². The van der Waals surface area contributed by atoms with Crippen molar-refractivity contribution in [2.24, 2.45) is 0 Å². The SMILES string of the molecule is CC(O)CCN[C@H](C)c1cccnc1. The molecule has 0 bridgehead atoms. The van der Waals surface area contributed by atoms with Gasteiger partial charge in [-0.15, -0.1) is 0 Å². The molecular weight excluding hydrogens is 176 g/mol. The lowest BCUT2D eigenvalue weighted by molar-refractivity contribution is 0.182. The molecular formula is C11H18N2O. The van der Waals surface area contributed by atoms with Crippen LogP contribution < -0.4 is 5.32 Å². The zero-order chi connectivity index (χ0) is 10.4. The zero-order valence-corrected chi connectivity index (χ0v) is 8.77. The number of aliphatic hydroxyl groups is 1. The van der Waals surface area contributed by atoms with Crippen molar-refractivity contribution < 1.29 is 5.11 Å². The van der Waals surface area contributed by atoms with Gasteiger partial charge in [0.2, 0.25) is 0 Å². The van der Waals surface area contributed by atoms with Gasteiger partial charge in [0.25, 0.3) is 0 Å². The number of rotatable bonds is 5. The van der Waals surface area contributed by atoms with Crippen molar-refractivity contribution in [2.75, 3.05) is 6.54 Å². The average molecular weight is 194 g/mol. The Morgan fingerprint density at radius 2 is 2.29 bits per heavy atom. The molecule has 0 aliphatic heterocycles. The summed E-state index contributed by atoms with van der Waals surface area (Å²) in [6, 6.07) is 4.28. The van der Waals surface area contributed by atoms with Crippen LogP contribution >= 0.6 is 0 Å². The van der Waals surface area contributed by atoms with Crippen LogP contribution in [0.2, 0.25) is 0 Å². The van der Waals surface area contributed by atoms with Crippen molar-refractivity contribution in [1.82, 2.24) is 10.3 Å². The van der Waals surface area contributed by atoms with Gasteiger partial charge in [0.15, 0.2) is 0 Å². The molecule has 0 saturated heterocycles. The van der Waals surface area contributed by atoms with Gasteiger partial charge in [-0.2, -0.15) is 0 Å². The van der Waals surface area contributed by atoms with E-state index in [0.717, 1.165) is 13.0 Å². The minimum absolute atomic E-state index is 0.233. The molecule has 0 saturated carbocycles. The van der Waals surface area contributed by atoms with E-state index in [0.29, 0.717) is 6.04 Å². The molecule has 3 nitrogen and oxygen atoms in total. The fourth-order valence-electron chi connectivity index (χ4n) is 1.26. The van der Waals surface area contributed by atoms with Crippen LogP contribution in [0.5, 0.6) is 0 Å². The first kappa shape index (κ1) is 11.1. The molecule has 0 aliphatic carbocycles. The largest absolute Gasteiger partial charge is 0.393 e. The fraction of sp³-hybridized carbons (Fsp3) is 0.545. The van der Waals surface area contributed by atoms with Gasteiger partial charge in [0, 0.05) is 18.4 Å². The number of hydrogen-bond acceptors (Lipinski definition) is 3. The van der Waals surface area contributed by atoms with E-state index in [1.165, 1.54) is 5.56 Å². The molecule has 0 spiro atoms. The van der Waals surface area contributed by atoms with Crippen LogP contribution in [0, 0.1) is 0 Å². The van der Waals surface area contributed by atoms with Crippen molar-refractivity contribution in [3.05, 3.63) is 30.1 Å². The predicted molar refractivity (Wildman–Crippen MR) is 57.0 cm³/mol. The molecule has 14 heavy (non-hydrogen) atoms. The van der Waals surface area contributed by atoms with Crippen LogP contribution in [0.15, 0.2) is 24.5 Å². The normalized spacial score (nSPS) is 15.1. The molecule has 2 N–H and O–H groups in total. The Kier molecular flexibility index (Phi) is 4.56. The highest BCUT2D eigenvalue weighted by Gasteiger charge is 2.04. The molecule has 2 atom stereocenters. The highest BCUT2D eigenvalue weighted by atomic mass is 16.3. The van der Waals surface area contributed by atoms with Crippen LogP contribution in [0.3, 0.4) is 0 Å². The lowest BCUT2D eigenvalue weighted by atomic mass is 10.1. The van der Waals surface area contributed by atoms with Crippen molar-refractivity contribution in [2.45, 2.75) is 32.4 Å². The van der Waals surface area contributed by atoms with E-state index in [1.807, 2.05) is 18.3 Å². The van der Waals surface area contributed by atoms with Crippen LogP contribution in [-0.2, 0) is 0 Å². The summed E-state index contributed by atoms with van der Waals surface area (Å²) in [7, 11) is 0. The van der Waals surface area contributed by atoms with E-state index in [1.54, 1.807) is 13.1 Å². The first-order valence-electron chi connectivity index (χ1n) is 5.01. The molecule has 0 amide bonds. The number of pyridine rings is 1. The number of aromatic nitrogens is 1. The van der Waals surface area contributed by atoms with E-state index < -0.39 is 0 Å². The van der Waals surface area contributed by atoms with E-state index in [2.05, 4.69) is 17.2 Å². The summed E-state index contributed by atoms with van der Waals surface area (Å²) in [6.07, 6.45) is 4.18. The van der Waals surface area contributed by atoms with Gasteiger partial charge in [-0.25, -0.2) is 0 Å². The Bertz CT molecular complexity index is 249. The van der Waals surface area contributed by atoms with Crippen molar-refractivity contribution in [3.63, 3.8) is 0 Å². The molecule has 1 aromatic heterocycles. The van der Waals surface area contributed by atoms with E-state index in [-0.39, 0.29) is 6.10 Å². The van der Waals surface area contributed by atoms with E-state index in [9.17, 15) is 0 Å². The molecule has 1 heterocycles. The number of aliphatic hydroxyl groups excluding tert-OH is 1. The summed E-state index contributed by atoms with van der Waals surface area (Å²) in [5.41, 5.74) is 1.18. The quantitative estimate of drug-likeness (QED) is 0.746. The summed E-state index contributed by atoms with van der Waals surface area (Å²) in [5, 5.41) is 12.4. The standard InChI is InChI=1S/C11H18N2O/c1-9(14)5-7-13-10(2)11-4-3-6-12-8-11/h3-4,6,8-10,13-14H,5,7H2,1-2H3/t9?,10-/m1/s1. The summed E-state index contributed by atoms with van der Waals surface area (Å²) in [6.45, 7) is 4.73. The van der Waals surface area contributed by atoms with Gasteiger partial charge in [-0.3, -0.25) is 4.98 Å². The maximum absolute atomic E-state index is 9.08. The Balaban J connectivity index is 2.32. The highest BCUT2D eigenvalue weighted by Crippen LogP contribution is 2.09. The minimum Gasteiger partial charge on any atom is -0.393 e. The predicted octanol–water partition coefficient (Wildman–Crippen LogP) is 1.50. The van der Waals surface area contributed by atoms with E-state index >= 15 is 0 Å². The highest BCUT2D eigenvalue weighted by molar-refractivity contribution is 5.12. The van der Waals surface area contributed by atoms with Crippen LogP contribution in [0.1, 0.15) is 31.9 Å². The van der Waals surface area contributed by atoms with Gasteiger partial charge in [-0.1, -0.05) is 6.07 Å². The molecule has 1 aromatic rings. The molecule has 0 aromatic carbocycles. The summed E-state index contributed by atoms with van der Waals surface area (Å²) in [4.78, 5) is 4.06. The Morgan fingerprint density at radius 1 is 1.50 bits per heavy atom. The van der Waals surface area contributed by atoms with Gasteiger partial charge < -0.3 is 10.4 Å². The third kappa shape index (κ3) is 3.85. The van der Waals surface area contributed by atoms with Gasteiger partial charge in [0.1, 0.15) is 0 Å². The molecule has 1 rings (SSSR count). The van der Waals surface area contributed by atoms with Gasteiger partial charge in [0.05, 0.1) is 6.10 Å². The number of nitrogens with zero attached hydrogens (tertiary/aromatic N) is 1. The van der Waals surface area contributed by atoms with Gasteiger partial charge >= 0.3 is 0 Å². The first-order chi connectivity index (χ1) is 6.70. The summed E-state index contributed by atoms with van der Waals surface area (Å²) < 4.78 is 0. The van der Waals surface area contributed by atoms with Crippen LogP contribution in [0.25, 0.3) is 0 Å². The maximum atomic E-state index is 9.08. The van der Waals surface area contributed by atoms with Crippen molar-refractivity contribution in [1.29, 1.82) is 0 Å². The molecule has 3 heteroatoms. The molecule has 0 fully saturated rings. The van der Waals surface area contributed by atoms with E-state index in [4.69, 9.17) is 5.11 Å². The number of hydrogen-bond donors (Lipinski definition) is 2. The van der Waals surface area contributed by atoms with Crippen molar-refractivity contribution in [3.8, 4) is 0 Å². The Hall–Kier alpha value is -0.930. The number of nitrogens with one attached hydrogen (secondary N) is 1. The maximum Gasteiger partial charge on any atom is 0.0524 e. The topological polar surface area (TPSA) is 45.1 Å². The zero-order valence-electron chi connectivity index (χ0n) is 8.77. The summed E-state index contributed by atoms with van der Waals surface area (Å²) >= 11 is 0. The Labute approximate surface area is 85.2 Å². The molecule has 0 aliphatic rings. The molecule has 1 unspecified atom stereocenters. The monoisotopic (exact) mass is 194 g/mol. The average Bonchev–Trinajstić information content (AvgIpc) is 2.18. The Morgan fingerprint density at radius 3 is 2.86 bits per heavy atom. The lowest BCUT2D eigenvalue weighted by Crippen LogP contribution is -2.22. The second-order valence-corrected chi connectivity index (χ2v) is 3.60. The third-order valence-electron chi connectivity index (χ3n) is 2.20. The lowest BCUT2D eigenvalue weighted by Gasteiger charge is -2.14. The first-order valence-corrected chi connectivity index (χ1v) is 5.01. The smallest absolute Gasteiger partial charge is 0.0524 e. The third-order valence-corrected chi connectivity index (χ3v) is 2.20. The summed E-state index contributed by atoms with van der Waals surface area (Å²) in [5.74, 6) is 0.